The van der Waals surface area contributed by atoms with E-state index in [1.165, 1.54) is 13.2 Å². The molecule has 11 nitrogen and oxygen atoms in total. The van der Waals surface area contributed by atoms with Crippen molar-refractivity contribution in [2.24, 2.45) is 5.92 Å². The second-order valence-corrected chi connectivity index (χ2v) is 11.9. The minimum Gasteiger partial charge on any atom is -0.464 e. The fourth-order valence-electron chi connectivity index (χ4n) is 5.27. The summed E-state index contributed by atoms with van der Waals surface area (Å²) in [7, 11) is 0. The molecule has 5 amide bonds. The van der Waals surface area contributed by atoms with Gasteiger partial charge in [0.05, 0.1) is 6.26 Å². The molecule has 11 heteroatoms. The summed E-state index contributed by atoms with van der Waals surface area (Å²) in [5.41, 5.74) is 2.03. The van der Waals surface area contributed by atoms with Crippen LogP contribution in [0.15, 0.2) is 72.5 Å². The largest absolute Gasteiger partial charge is 0.464 e. The van der Waals surface area contributed by atoms with E-state index in [9.17, 15) is 24.0 Å². The number of nitrogens with zero attached hydrogens (tertiary/aromatic N) is 1. The van der Waals surface area contributed by atoms with Crippen molar-refractivity contribution in [2.45, 2.75) is 64.6 Å². The van der Waals surface area contributed by atoms with E-state index in [1.54, 1.807) is 17.1 Å². The molecule has 0 spiro atoms. The zero-order valence-corrected chi connectivity index (χ0v) is 26.6. The van der Waals surface area contributed by atoms with Crippen LogP contribution in [0.2, 0.25) is 0 Å². The van der Waals surface area contributed by atoms with Crippen molar-refractivity contribution in [1.82, 2.24) is 26.2 Å². The van der Waals surface area contributed by atoms with Crippen molar-refractivity contribution in [3.05, 3.63) is 83.6 Å². The number of carbonyl (C=O) groups excluding carboxylic acids is 5. The standard InChI is InChI=1S/C35H43N5O6/c1-23(2)31-34(44)36-17-10-19-40(35(45)27-16-20-46-29-14-8-7-13-26(29)22-27)18-9-15-30(41)38-28(21-25-11-5-4-6-12-25)33(43)37-24(3)32(42)39-31/h4-8,11-14,16,20,22-24,28,31H,9-10,15,17-19,21H2,1-3H3,(H,36,44)(H,37,43)(H,38,41)(H,39,42)/t24-,28+,31-/m1/s1. The van der Waals surface area contributed by atoms with Gasteiger partial charge in [0.1, 0.15) is 23.9 Å². The highest BCUT2D eigenvalue weighted by atomic mass is 16.5. The van der Waals surface area contributed by atoms with E-state index in [4.69, 9.17) is 4.74 Å². The molecular weight excluding hydrogens is 586 g/mol. The van der Waals surface area contributed by atoms with Gasteiger partial charge in [0, 0.05) is 43.6 Å². The second-order valence-electron chi connectivity index (χ2n) is 11.9. The van der Waals surface area contributed by atoms with Gasteiger partial charge in [-0.2, -0.15) is 0 Å². The molecule has 2 aliphatic rings. The third kappa shape index (κ3) is 9.53. The number of para-hydroxylation sites is 1. The van der Waals surface area contributed by atoms with E-state index < -0.39 is 29.9 Å². The molecule has 3 atom stereocenters. The van der Waals surface area contributed by atoms with E-state index in [1.807, 2.05) is 68.4 Å². The fraction of sp³-hybridized carbons (Fsp3) is 0.400. The van der Waals surface area contributed by atoms with E-state index in [2.05, 4.69) is 21.3 Å². The van der Waals surface area contributed by atoms with Crippen LogP contribution in [0.1, 0.15) is 51.2 Å². The third-order valence-electron chi connectivity index (χ3n) is 7.88. The van der Waals surface area contributed by atoms with Crippen LogP contribution in [0.5, 0.6) is 5.75 Å². The van der Waals surface area contributed by atoms with Crippen molar-refractivity contribution < 1.29 is 28.7 Å². The molecule has 0 saturated carbocycles. The Morgan fingerprint density at radius 2 is 1.61 bits per heavy atom. The topological polar surface area (TPSA) is 146 Å². The van der Waals surface area contributed by atoms with Crippen LogP contribution in [0.3, 0.4) is 0 Å². The van der Waals surface area contributed by atoms with Crippen LogP contribution in [-0.2, 0) is 30.4 Å². The summed E-state index contributed by atoms with van der Waals surface area (Å²) in [4.78, 5) is 68.1. The first-order valence-corrected chi connectivity index (χ1v) is 15.8. The molecule has 4 rings (SSSR count). The van der Waals surface area contributed by atoms with Gasteiger partial charge in [-0.05, 0) is 49.5 Å². The number of rotatable bonds is 4. The number of carbonyl (C=O) groups is 5. The molecule has 0 bridgehead atoms. The number of hydrogen-bond acceptors (Lipinski definition) is 6. The summed E-state index contributed by atoms with van der Waals surface area (Å²) in [6, 6.07) is 14.0. The lowest BCUT2D eigenvalue weighted by Crippen LogP contribution is -2.57. The molecule has 0 aromatic heterocycles. The van der Waals surface area contributed by atoms with Crippen LogP contribution in [0.25, 0.3) is 6.08 Å². The summed E-state index contributed by atoms with van der Waals surface area (Å²) in [5, 5.41) is 11.2. The molecule has 1 fully saturated rings. The summed E-state index contributed by atoms with van der Waals surface area (Å²) in [5.74, 6) is -1.54. The maximum absolute atomic E-state index is 13.8. The molecule has 2 aromatic carbocycles. The van der Waals surface area contributed by atoms with Gasteiger partial charge in [-0.1, -0.05) is 62.4 Å². The number of benzene rings is 2. The Morgan fingerprint density at radius 1 is 0.891 bits per heavy atom. The lowest BCUT2D eigenvalue weighted by molar-refractivity contribution is -0.134. The second kappa shape index (κ2) is 16.4. The molecule has 1 saturated heterocycles. The molecule has 4 N–H and O–H groups in total. The quantitative estimate of drug-likeness (QED) is 0.409. The summed E-state index contributed by atoms with van der Waals surface area (Å²) >= 11 is 0. The number of amides is 5. The van der Waals surface area contributed by atoms with Gasteiger partial charge < -0.3 is 30.9 Å². The molecule has 2 heterocycles. The zero-order valence-electron chi connectivity index (χ0n) is 26.6. The molecular formula is C35H43N5O6. The van der Waals surface area contributed by atoms with E-state index >= 15 is 0 Å². The highest BCUT2D eigenvalue weighted by molar-refractivity contribution is 6.01. The Bertz CT molecular complexity index is 1470. The zero-order chi connectivity index (χ0) is 33.1. The average Bonchev–Trinajstić information content (AvgIpc) is 3.26. The molecule has 2 aromatic rings. The van der Waals surface area contributed by atoms with Gasteiger partial charge in [-0.25, -0.2) is 0 Å². The number of fused-ring (bicyclic) bond motifs is 1. The van der Waals surface area contributed by atoms with Crippen molar-refractivity contribution in [2.75, 3.05) is 19.6 Å². The van der Waals surface area contributed by atoms with Gasteiger partial charge >= 0.3 is 0 Å². The molecule has 244 valence electrons. The SMILES string of the molecule is CC(C)[C@H]1NC(=O)[C@@H](C)NC(=O)[C@H](Cc2ccccc2)NC(=O)CCCN(C(=O)C2=Cc3ccccc3OC=C2)CCCNC1=O. The van der Waals surface area contributed by atoms with E-state index in [-0.39, 0.29) is 49.6 Å². The van der Waals surface area contributed by atoms with Gasteiger partial charge in [0.2, 0.25) is 23.6 Å². The van der Waals surface area contributed by atoms with Crippen LogP contribution in [-0.4, -0.2) is 72.2 Å². The Hall–Kier alpha value is -4.93. The monoisotopic (exact) mass is 629 g/mol. The van der Waals surface area contributed by atoms with E-state index in [0.29, 0.717) is 30.7 Å². The summed E-state index contributed by atoms with van der Waals surface area (Å²) in [6.07, 6.45) is 5.96. The first-order chi connectivity index (χ1) is 22.1. The predicted octanol–water partition coefficient (Wildman–Crippen LogP) is 2.48. The Balaban J connectivity index is 1.55. The van der Waals surface area contributed by atoms with Crippen molar-refractivity contribution in [3.63, 3.8) is 0 Å². The number of hydrogen-bond donors (Lipinski definition) is 4. The third-order valence-corrected chi connectivity index (χ3v) is 7.88. The van der Waals surface area contributed by atoms with Crippen LogP contribution in [0.4, 0.5) is 0 Å². The van der Waals surface area contributed by atoms with Crippen LogP contribution in [0, 0.1) is 5.92 Å². The Morgan fingerprint density at radius 3 is 2.37 bits per heavy atom. The van der Waals surface area contributed by atoms with E-state index in [0.717, 1.165) is 11.1 Å². The lowest BCUT2D eigenvalue weighted by Gasteiger charge is -2.27. The van der Waals surface area contributed by atoms with Crippen molar-refractivity contribution >= 4 is 35.6 Å². The van der Waals surface area contributed by atoms with Gasteiger partial charge in [-0.3, -0.25) is 24.0 Å². The highest BCUT2D eigenvalue weighted by Gasteiger charge is 2.29. The first-order valence-electron chi connectivity index (χ1n) is 15.8. The first kappa shape index (κ1) is 34.0. The molecule has 2 aliphatic heterocycles. The predicted molar refractivity (Wildman–Crippen MR) is 174 cm³/mol. The normalized spacial score (nSPS) is 22.0. The molecule has 0 radical (unpaired) electrons. The van der Waals surface area contributed by atoms with Gasteiger partial charge in [-0.15, -0.1) is 0 Å². The summed E-state index contributed by atoms with van der Waals surface area (Å²) in [6.45, 7) is 6.06. The maximum atomic E-state index is 13.8. The van der Waals surface area contributed by atoms with Gasteiger partial charge in [0.25, 0.3) is 5.91 Å². The molecule has 0 unspecified atom stereocenters. The van der Waals surface area contributed by atoms with Crippen LogP contribution >= 0.6 is 0 Å². The fourth-order valence-corrected chi connectivity index (χ4v) is 5.27. The Labute approximate surface area is 269 Å². The average molecular weight is 630 g/mol. The van der Waals surface area contributed by atoms with Crippen molar-refractivity contribution in [1.29, 1.82) is 0 Å². The van der Waals surface area contributed by atoms with Gasteiger partial charge in [0.15, 0.2) is 0 Å². The van der Waals surface area contributed by atoms with Crippen molar-refractivity contribution in [3.8, 4) is 5.75 Å². The highest BCUT2D eigenvalue weighted by Crippen LogP contribution is 2.25. The smallest absolute Gasteiger partial charge is 0.253 e. The minimum absolute atomic E-state index is 0.0754. The lowest BCUT2D eigenvalue weighted by atomic mass is 10.0. The molecule has 0 aliphatic carbocycles. The molecule has 46 heavy (non-hydrogen) atoms. The van der Waals surface area contributed by atoms with Crippen LogP contribution < -0.4 is 26.0 Å². The Kier molecular flexibility index (Phi) is 12.1. The number of ether oxygens (including phenoxy) is 1. The maximum Gasteiger partial charge on any atom is 0.253 e. The minimum atomic E-state index is -0.945. The number of nitrogens with one attached hydrogen (secondary N) is 4. The summed E-state index contributed by atoms with van der Waals surface area (Å²) < 4.78 is 5.66.